The molecule has 0 aliphatic carbocycles. The summed E-state index contributed by atoms with van der Waals surface area (Å²) >= 11 is 3.50. The van der Waals surface area contributed by atoms with Gasteiger partial charge < -0.3 is 14.8 Å². The summed E-state index contributed by atoms with van der Waals surface area (Å²) in [5.41, 5.74) is 3.59. The Bertz CT molecular complexity index is 657. The lowest BCUT2D eigenvalue weighted by atomic mass is 10.0. The maximum Gasteiger partial charge on any atom is 0.122 e. The Labute approximate surface area is 133 Å². The van der Waals surface area contributed by atoms with Gasteiger partial charge in [0.15, 0.2) is 0 Å². The Kier molecular flexibility index (Phi) is 4.06. The van der Waals surface area contributed by atoms with E-state index in [-0.39, 0.29) is 6.04 Å². The second-order valence-electron chi connectivity index (χ2n) is 5.21. The van der Waals surface area contributed by atoms with Crippen molar-refractivity contribution in [2.24, 2.45) is 0 Å². The molecule has 3 nitrogen and oxygen atoms in total. The van der Waals surface area contributed by atoms with Crippen LogP contribution in [0.3, 0.4) is 0 Å². The molecule has 1 N–H and O–H groups in total. The molecule has 1 heterocycles. The van der Waals surface area contributed by atoms with Crippen LogP contribution in [0, 0.1) is 0 Å². The number of hydrogen-bond donors (Lipinski definition) is 1. The van der Waals surface area contributed by atoms with Gasteiger partial charge in [-0.25, -0.2) is 0 Å². The average molecular weight is 348 g/mol. The van der Waals surface area contributed by atoms with E-state index in [4.69, 9.17) is 9.47 Å². The lowest BCUT2D eigenvalue weighted by molar-refractivity contribution is 0.357. The number of fused-ring (bicyclic) bond motifs is 1. The molecule has 110 valence electrons. The molecule has 0 fully saturated rings. The van der Waals surface area contributed by atoms with E-state index in [1.165, 1.54) is 11.1 Å². The SMILES string of the molecule is COc1cc(Br)cc(NC(C)c2ccc3c(c2)CCO3)c1. The summed E-state index contributed by atoms with van der Waals surface area (Å²) in [5, 5.41) is 3.51. The third kappa shape index (κ3) is 3.16. The van der Waals surface area contributed by atoms with Crippen molar-refractivity contribution < 1.29 is 9.47 Å². The first-order valence-corrected chi connectivity index (χ1v) is 7.82. The fourth-order valence-corrected chi connectivity index (χ4v) is 3.05. The molecule has 0 aromatic heterocycles. The average Bonchev–Trinajstić information content (AvgIpc) is 2.93. The van der Waals surface area contributed by atoms with Gasteiger partial charge in [-0.15, -0.1) is 0 Å². The molecule has 1 atom stereocenters. The molecule has 1 aliphatic rings. The van der Waals surface area contributed by atoms with Crippen LogP contribution in [0.25, 0.3) is 0 Å². The van der Waals surface area contributed by atoms with E-state index >= 15 is 0 Å². The van der Waals surface area contributed by atoms with Crippen molar-refractivity contribution in [3.8, 4) is 11.5 Å². The monoisotopic (exact) mass is 347 g/mol. The van der Waals surface area contributed by atoms with Crippen molar-refractivity contribution in [1.82, 2.24) is 0 Å². The van der Waals surface area contributed by atoms with E-state index in [0.717, 1.165) is 34.7 Å². The molecular formula is C17H18BrNO2. The molecule has 1 unspecified atom stereocenters. The van der Waals surface area contributed by atoms with E-state index in [2.05, 4.69) is 52.4 Å². The topological polar surface area (TPSA) is 30.5 Å². The van der Waals surface area contributed by atoms with E-state index < -0.39 is 0 Å². The number of rotatable bonds is 4. The molecular weight excluding hydrogens is 330 g/mol. The molecule has 0 bridgehead atoms. The van der Waals surface area contributed by atoms with Gasteiger partial charge >= 0.3 is 0 Å². The molecule has 0 saturated carbocycles. The molecule has 0 spiro atoms. The van der Waals surface area contributed by atoms with Gasteiger partial charge in [0.05, 0.1) is 13.7 Å². The summed E-state index contributed by atoms with van der Waals surface area (Å²) in [6, 6.07) is 12.6. The zero-order chi connectivity index (χ0) is 14.8. The van der Waals surface area contributed by atoms with Crippen LogP contribution in [0.5, 0.6) is 11.5 Å². The second-order valence-corrected chi connectivity index (χ2v) is 6.13. The highest BCUT2D eigenvalue weighted by molar-refractivity contribution is 9.10. The van der Waals surface area contributed by atoms with Gasteiger partial charge in [0, 0.05) is 28.7 Å². The van der Waals surface area contributed by atoms with Gasteiger partial charge in [-0.05, 0) is 42.3 Å². The summed E-state index contributed by atoms with van der Waals surface area (Å²) in [7, 11) is 1.68. The molecule has 0 saturated heterocycles. The highest BCUT2D eigenvalue weighted by Gasteiger charge is 2.14. The molecule has 2 aromatic carbocycles. The summed E-state index contributed by atoms with van der Waals surface area (Å²) in [6.45, 7) is 2.95. The molecule has 4 heteroatoms. The predicted molar refractivity (Wildman–Crippen MR) is 88.4 cm³/mol. The Morgan fingerprint density at radius 3 is 2.90 bits per heavy atom. The van der Waals surface area contributed by atoms with Crippen LogP contribution >= 0.6 is 15.9 Å². The lowest BCUT2D eigenvalue weighted by Gasteiger charge is -2.17. The first-order chi connectivity index (χ1) is 10.2. The fourth-order valence-electron chi connectivity index (χ4n) is 2.57. The van der Waals surface area contributed by atoms with Gasteiger partial charge in [-0.2, -0.15) is 0 Å². The van der Waals surface area contributed by atoms with Gasteiger partial charge in [0.1, 0.15) is 11.5 Å². The number of nitrogens with one attached hydrogen (secondary N) is 1. The molecule has 2 aromatic rings. The number of halogens is 1. The van der Waals surface area contributed by atoms with Crippen LogP contribution in [0.4, 0.5) is 5.69 Å². The normalized spacial score (nSPS) is 14.2. The first-order valence-electron chi connectivity index (χ1n) is 7.02. The van der Waals surface area contributed by atoms with Gasteiger partial charge in [-0.3, -0.25) is 0 Å². The Morgan fingerprint density at radius 2 is 2.10 bits per heavy atom. The third-order valence-corrected chi connectivity index (χ3v) is 4.16. The molecule has 21 heavy (non-hydrogen) atoms. The van der Waals surface area contributed by atoms with Crippen molar-refractivity contribution in [3.05, 3.63) is 52.0 Å². The number of anilines is 1. The van der Waals surface area contributed by atoms with Crippen LogP contribution < -0.4 is 14.8 Å². The summed E-state index contributed by atoms with van der Waals surface area (Å²) in [4.78, 5) is 0. The van der Waals surface area contributed by atoms with Crippen LogP contribution in [0.1, 0.15) is 24.1 Å². The quantitative estimate of drug-likeness (QED) is 0.878. The molecule has 3 rings (SSSR count). The van der Waals surface area contributed by atoms with E-state index in [1.807, 2.05) is 12.1 Å². The highest BCUT2D eigenvalue weighted by Crippen LogP contribution is 2.31. The van der Waals surface area contributed by atoms with Gasteiger partial charge in [0.2, 0.25) is 0 Å². The molecule has 1 aliphatic heterocycles. The fraction of sp³-hybridized carbons (Fsp3) is 0.294. The third-order valence-electron chi connectivity index (χ3n) is 3.70. The van der Waals surface area contributed by atoms with E-state index in [1.54, 1.807) is 7.11 Å². The lowest BCUT2D eigenvalue weighted by Crippen LogP contribution is -2.07. The maximum atomic E-state index is 5.55. The van der Waals surface area contributed by atoms with Crippen LogP contribution in [-0.4, -0.2) is 13.7 Å². The second kappa shape index (κ2) is 5.98. The smallest absolute Gasteiger partial charge is 0.122 e. The van der Waals surface area contributed by atoms with E-state index in [0.29, 0.717) is 0 Å². The minimum Gasteiger partial charge on any atom is -0.497 e. The van der Waals surface area contributed by atoms with Crippen molar-refractivity contribution in [1.29, 1.82) is 0 Å². The van der Waals surface area contributed by atoms with Gasteiger partial charge in [-0.1, -0.05) is 22.0 Å². The Morgan fingerprint density at radius 1 is 1.24 bits per heavy atom. The van der Waals surface area contributed by atoms with Crippen molar-refractivity contribution >= 4 is 21.6 Å². The largest absolute Gasteiger partial charge is 0.497 e. The Hall–Kier alpha value is -1.68. The van der Waals surface area contributed by atoms with Crippen LogP contribution in [0.2, 0.25) is 0 Å². The standard InChI is InChI=1S/C17H18BrNO2/c1-11(12-3-4-17-13(7-12)5-6-21-17)19-15-8-14(18)9-16(10-15)20-2/h3-4,7-11,19H,5-6H2,1-2H3. The summed E-state index contributed by atoms with van der Waals surface area (Å²) in [5.74, 6) is 1.86. The number of methoxy groups -OCH3 is 1. The first kappa shape index (κ1) is 14.3. The minimum absolute atomic E-state index is 0.218. The zero-order valence-electron chi connectivity index (χ0n) is 12.2. The molecule has 0 amide bonds. The summed E-state index contributed by atoms with van der Waals surface area (Å²) < 4.78 is 11.9. The predicted octanol–water partition coefficient (Wildman–Crippen LogP) is 4.57. The number of ether oxygens (including phenoxy) is 2. The zero-order valence-corrected chi connectivity index (χ0v) is 13.7. The number of benzene rings is 2. The van der Waals surface area contributed by atoms with Crippen molar-refractivity contribution in [2.75, 3.05) is 19.0 Å². The van der Waals surface area contributed by atoms with Crippen molar-refractivity contribution in [3.63, 3.8) is 0 Å². The number of hydrogen-bond acceptors (Lipinski definition) is 3. The van der Waals surface area contributed by atoms with E-state index in [9.17, 15) is 0 Å². The Balaban J connectivity index is 1.80. The minimum atomic E-state index is 0.218. The van der Waals surface area contributed by atoms with Crippen LogP contribution in [-0.2, 0) is 6.42 Å². The van der Waals surface area contributed by atoms with Crippen molar-refractivity contribution in [2.45, 2.75) is 19.4 Å². The van der Waals surface area contributed by atoms with Gasteiger partial charge in [0.25, 0.3) is 0 Å². The van der Waals surface area contributed by atoms with Crippen LogP contribution in [0.15, 0.2) is 40.9 Å². The molecule has 0 radical (unpaired) electrons. The summed E-state index contributed by atoms with van der Waals surface area (Å²) in [6.07, 6.45) is 1.00. The highest BCUT2D eigenvalue weighted by atomic mass is 79.9. The maximum absolute atomic E-state index is 5.55.